The van der Waals surface area contributed by atoms with Gasteiger partial charge in [0.1, 0.15) is 0 Å². The van der Waals surface area contributed by atoms with Crippen LogP contribution in [0.4, 0.5) is 18.9 Å². The second kappa shape index (κ2) is 3.95. The molecule has 0 fully saturated rings. The zero-order valence-corrected chi connectivity index (χ0v) is 6.67. The molecule has 1 aromatic carbocycles. The fourth-order valence-electron chi connectivity index (χ4n) is 0.835. The van der Waals surface area contributed by atoms with Gasteiger partial charge in [0.15, 0.2) is 11.6 Å². The van der Waals surface area contributed by atoms with Gasteiger partial charge in [-0.1, -0.05) is 0 Å². The molecule has 0 amide bonds. The molecule has 0 saturated heterocycles. The molecular formula is C7H4F3NO3. The number of ether oxygens (including phenoxy) is 1. The summed E-state index contributed by atoms with van der Waals surface area (Å²) in [6.45, 7) is -1.36. The number of nitro groups is 1. The minimum atomic E-state index is -1.39. The minimum Gasteiger partial charge on any atom is -0.456 e. The molecule has 0 radical (unpaired) electrons. The van der Waals surface area contributed by atoms with E-state index in [4.69, 9.17) is 0 Å². The van der Waals surface area contributed by atoms with E-state index in [-0.39, 0.29) is 0 Å². The van der Waals surface area contributed by atoms with Crippen molar-refractivity contribution in [2.75, 3.05) is 6.86 Å². The van der Waals surface area contributed by atoms with Gasteiger partial charge in [-0.25, -0.2) is 13.2 Å². The molecule has 0 aromatic heterocycles. The maximum Gasteiger partial charge on any atom is 0.314 e. The zero-order valence-electron chi connectivity index (χ0n) is 6.67. The summed E-state index contributed by atoms with van der Waals surface area (Å²) in [5.74, 6) is -3.36. The number of alkyl halides is 1. The van der Waals surface area contributed by atoms with Crippen LogP contribution in [0, 0.1) is 21.7 Å². The molecule has 0 heterocycles. The van der Waals surface area contributed by atoms with Gasteiger partial charge in [-0.15, -0.1) is 0 Å². The molecule has 0 aliphatic carbocycles. The van der Waals surface area contributed by atoms with Crippen molar-refractivity contribution >= 4 is 5.69 Å². The number of rotatable bonds is 3. The maximum absolute atomic E-state index is 12.5. The van der Waals surface area contributed by atoms with Crippen molar-refractivity contribution in [2.45, 2.75) is 0 Å². The Bertz CT molecular complexity index is 369. The quantitative estimate of drug-likeness (QED) is 0.563. The lowest BCUT2D eigenvalue weighted by Gasteiger charge is -2.02. The Morgan fingerprint density at radius 3 is 2.43 bits per heavy atom. The topological polar surface area (TPSA) is 52.4 Å². The van der Waals surface area contributed by atoms with Gasteiger partial charge >= 0.3 is 5.69 Å². The lowest BCUT2D eigenvalue weighted by Crippen LogP contribution is -1.99. The molecule has 4 nitrogen and oxygen atoms in total. The van der Waals surface area contributed by atoms with Gasteiger partial charge in [0.2, 0.25) is 12.6 Å². The second-order valence-electron chi connectivity index (χ2n) is 2.24. The van der Waals surface area contributed by atoms with Crippen molar-refractivity contribution in [2.24, 2.45) is 0 Å². The van der Waals surface area contributed by atoms with Gasteiger partial charge in [-0.2, -0.15) is 0 Å². The normalized spacial score (nSPS) is 9.93. The first kappa shape index (κ1) is 10.3. The summed E-state index contributed by atoms with van der Waals surface area (Å²) in [5, 5.41) is 10.3. The van der Waals surface area contributed by atoms with Crippen molar-refractivity contribution in [3.8, 4) is 5.75 Å². The predicted octanol–water partition coefficient (Wildman–Crippen LogP) is 2.18. The van der Waals surface area contributed by atoms with E-state index >= 15 is 0 Å². The van der Waals surface area contributed by atoms with E-state index in [0.717, 1.165) is 0 Å². The van der Waals surface area contributed by atoms with E-state index in [0.29, 0.717) is 12.1 Å². The van der Waals surface area contributed by atoms with Gasteiger partial charge in [0.25, 0.3) is 0 Å². The number of benzene rings is 1. The third-order valence-electron chi connectivity index (χ3n) is 1.41. The summed E-state index contributed by atoms with van der Waals surface area (Å²) in [6, 6.07) is 0.757. The monoisotopic (exact) mass is 207 g/mol. The number of nitrogens with zero attached hydrogens (tertiary/aromatic N) is 1. The van der Waals surface area contributed by atoms with Crippen LogP contribution in [0.15, 0.2) is 12.1 Å². The number of hydrogen-bond acceptors (Lipinski definition) is 3. The molecule has 76 valence electrons. The Morgan fingerprint density at radius 1 is 1.36 bits per heavy atom. The Kier molecular flexibility index (Phi) is 2.90. The Labute approximate surface area is 76.1 Å². The van der Waals surface area contributed by atoms with E-state index in [1.165, 1.54) is 0 Å². The summed E-state index contributed by atoms with van der Waals surface area (Å²) >= 11 is 0. The molecule has 0 atom stereocenters. The van der Waals surface area contributed by atoms with Crippen LogP contribution < -0.4 is 4.74 Å². The van der Waals surface area contributed by atoms with Crippen molar-refractivity contribution in [1.29, 1.82) is 0 Å². The van der Waals surface area contributed by atoms with Crippen LogP contribution in [0.2, 0.25) is 0 Å². The standard InChI is InChI=1S/C7H4F3NO3/c8-3-14-7-2-5(10)4(9)1-6(7)11(12)13/h1-2H,3H2. The SMILES string of the molecule is O=[N+]([O-])c1cc(F)c(F)cc1OCF. The third-order valence-corrected chi connectivity index (χ3v) is 1.41. The zero-order chi connectivity index (χ0) is 10.7. The molecule has 0 saturated carbocycles. The van der Waals surface area contributed by atoms with E-state index in [2.05, 4.69) is 4.74 Å². The molecule has 0 aliphatic rings. The van der Waals surface area contributed by atoms with E-state index in [9.17, 15) is 23.3 Å². The molecule has 0 unspecified atom stereocenters. The molecular weight excluding hydrogens is 203 g/mol. The highest BCUT2D eigenvalue weighted by Gasteiger charge is 2.19. The number of hydrogen-bond donors (Lipinski definition) is 0. The summed E-state index contributed by atoms with van der Waals surface area (Å²) in [4.78, 5) is 9.28. The van der Waals surface area contributed by atoms with Crippen LogP contribution in [0.5, 0.6) is 5.75 Å². The van der Waals surface area contributed by atoms with E-state index in [1.54, 1.807) is 0 Å². The summed E-state index contributed by atoms with van der Waals surface area (Å²) in [7, 11) is 0. The molecule has 0 aliphatic heterocycles. The first-order valence-corrected chi connectivity index (χ1v) is 3.38. The molecule has 0 N–H and O–H groups in total. The van der Waals surface area contributed by atoms with Crippen molar-refractivity contribution in [3.63, 3.8) is 0 Å². The second-order valence-corrected chi connectivity index (χ2v) is 2.24. The highest BCUT2D eigenvalue weighted by molar-refractivity contribution is 5.46. The average Bonchev–Trinajstić information content (AvgIpc) is 2.11. The van der Waals surface area contributed by atoms with Crippen LogP contribution >= 0.6 is 0 Å². The Morgan fingerprint density at radius 2 is 1.93 bits per heavy atom. The summed E-state index contributed by atoms with van der Waals surface area (Å²) in [5.41, 5.74) is -0.818. The Hall–Kier alpha value is -1.79. The van der Waals surface area contributed by atoms with Crippen LogP contribution in [0.1, 0.15) is 0 Å². The molecule has 7 heteroatoms. The van der Waals surface area contributed by atoms with Crippen LogP contribution in [0.25, 0.3) is 0 Å². The maximum atomic E-state index is 12.5. The first-order valence-electron chi connectivity index (χ1n) is 3.38. The van der Waals surface area contributed by atoms with Gasteiger partial charge in [0.05, 0.1) is 11.0 Å². The highest BCUT2D eigenvalue weighted by Crippen LogP contribution is 2.29. The van der Waals surface area contributed by atoms with Crippen molar-refractivity contribution < 1.29 is 22.8 Å². The number of nitro benzene ring substituents is 1. The lowest BCUT2D eigenvalue weighted by atomic mass is 10.3. The third kappa shape index (κ3) is 1.93. The highest BCUT2D eigenvalue weighted by atomic mass is 19.2. The Balaban J connectivity index is 3.24. The van der Waals surface area contributed by atoms with Crippen LogP contribution in [-0.2, 0) is 0 Å². The lowest BCUT2D eigenvalue weighted by molar-refractivity contribution is -0.386. The largest absolute Gasteiger partial charge is 0.456 e. The van der Waals surface area contributed by atoms with Gasteiger partial charge in [-0.3, -0.25) is 10.1 Å². The average molecular weight is 207 g/mol. The molecule has 1 rings (SSSR count). The smallest absolute Gasteiger partial charge is 0.314 e. The molecule has 14 heavy (non-hydrogen) atoms. The molecule has 0 bridgehead atoms. The van der Waals surface area contributed by atoms with Gasteiger partial charge < -0.3 is 4.74 Å². The van der Waals surface area contributed by atoms with Crippen LogP contribution in [-0.4, -0.2) is 11.8 Å². The predicted molar refractivity (Wildman–Crippen MR) is 39.6 cm³/mol. The van der Waals surface area contributed by atoms with Gasteiger partial charge in [-0.05, 0) is 0 Å². The van der Waals surface area contributed by atoms with Gasteiger partial charge in [0, 0.05) is 6.07 Å². The fourth-order valence-corrected chi connectivity index (χ4v) is 0.835. The van der Waals surface area contributed by atoms with Crippen molar-refractivity contribution in [3.05, 3.63) is 33.9 Å². The minimum absolute atomic E-state index is 0.334. The van der Waals surface area contributed by atoms with Crippen LogP contribution in [0.3, 0.4) is 0 Å². The first-order chi connectivity index (χ1) is 6.56. The number of halogens is 3. The summed E-state index contributed by atoms with van der Waals surface area (Å²) < 4.78 is 40.9. The fraction of sp³-hybridized carbons (Fsp3) is 0.143. The van der Waals surface area contributed by atoms with E-state index in [1.807, 2.05) is 0 Å². The molecule has 1 aromatic rings. The van der Waals surface area contributed by atoms with E-state index < -0.39 is 34.9 Å². The molecule has 0 spiro atoms. The summed E-state index contributed by atoms with van der Waals surface area (Å²) in [6.07, 6.45) is 0. The van der Waals surface area contributed by atoms with Crippen molar-refractivity contribution in [1.82, 2.24) is 0 Å².